The van der Waals surface area contributed by atoms with E-state index in [1.165, 1.54) is 17.0 Å². The quantitative estimate of drug-likeness (QED) is 0.804. The minimum absolute atomic E-state index is 0.00535. The lowest BCUT2D eigenvalue weighted by molar-refractivity contribution is 0.157. The van der Waals surface area contributed by atoms with Crippen molar-refractivity contribution in [2.24, 2.45) is 11.8 Å². The zero-order valence-electron chi connectivity index (χ0n) is 15.0. The molecule has 0 bridgehead atoms. The Balaban J connectivity index is 1.65. The van der Waals surface area contributed by atoms with Gasteiger partial charge in [-0.2, -0.15) is 0 Å². The Morgan fingerprint density at radius 1 is 1.19 bits per heavy atom. The van der Waals surface area contributed by atoms with E-state index in [9.17, 15) is 17.6 Å². The fraction of sp³-hybridized carbons (Fsp3) is 0.611. The summed E-state index contributed by atoms with van der Waals surface area (Å²) in [6.45, 7) is 1.36. The highest BCUT2D eigenvalue weighted by atomic mass is 32.2. The molecular formula is C18H24FN3O3S. The summed E-state index contributed by atoms with van der Waals surface area (Å²) in [5.74, 6) is -0.265. The van der Waals surface area contributed by atoms with Gasteiger partial charge in [0.05, 0.1) is 11.3 Å². The standard InChI is InChI=1S/C18H24FN3O3S/c1-20(2)18(23)22-10-13-9-21(26(24,25)15-6-7-15)11-16(13)17(22)12-4-3-5-14(19)8-12/h3-5,8,13,15-17H,6-7,9-11H2,1-2H3/t13-,16-,17+/m1/s1. The topological polar surface area (TPSA) is 60.9 Å². The highest BCUT2D eigenvalue weighted by molar-refractivity contribution is 7.90. The summed E-state index contributed by atoms with van der Waals surface area (Å²) in [5, 5.41) is -0.228. The Bertz CT molecular complexity index is 825. The third-order valence-corrected chi connectivity index (χ3v) is 8.09. The van der Waals surface area contributed by atoms with Crippen LogP contribution in [0.1, 0.15) is 24.4 Å². The Morgan fingerprint density at radius 3 is 2.54 bits per heavy atom. The van der Waals surface area contributed by atoms with Gasteiger partial charge in [-0.1, -0.05) is 12.1 Å². The van der Waals surface area contributed by atoms with E-state index < -0.39 is 10.0 Å². The second-order valence-corrected chi connectivity index (χ2v) is 10.0. The average molecular weight is 381 g/mol. The first-order valence-corrected chi connectivity index (χ1v) is 10.5. The van der Waals surface area contributed by atoms with E-state index in [0.29, 0.717) is 19.6 Å². The van der Waals surface area contributed by atoms with Crippen LogP contribution in [-0.4, -0.2) is 67.5 Å². The van der Waals surface area contributed by atoms with Gasteiger partial charge >= 0.3 is 6.03 Å². The SMILES string of the molecule is CN(C)C(=O)N1C[C@H]2CN(S(=O)(=O)C3CC3)C[C@H]2[C@@H]1c1cccc(F)c1. The van der Waals surface area contributed by atoms with Gasteiger partial charge in [0.15, 0.2) is 0 Å². The highest BCUT2D eigenvalue weighted by Crippen LogP contribution is 2.47. The van der Waals surface area contributed by atoms with Gasteiger partial charge in [0, 0.05) is 39.6 Å². The van der Waals surface area contributed by atoms with E-state index in [-0.39, 0.29) is 35.0 Å². The second kappa shape index (κ2) is 6.20. The number of likely N-dealkylation sites (tertiary alicyclic amines) is 1. The van der Waals surface area contributed by atoms with Gasteiger partial charge in [-0.15, -0.1) is 0 Å². The molecule has 2 saturated heterocycles. The van der Waals surface area contributed by atoms with Gasteiger partial charge in [-0.25, -0.2) is 21.9 Å². The molecule has 1 saturated carbocycles. The summed E-state index contributed by atoms with van der Waals surface area (Å²) in [4.78, 5) is 16.0. The van der Waals surface area contributed by atoms with Crippen molar-refractivity contribution in [1.29, 1.82) is 0 Å². The van der Waals surface area contributed by atoms with Crippen molar-refractivity contribution in [2.45, 2.75) is 24.1 Å². The largest absolute Gasteiger partial charge is 0.331 e. The number of rotatable bonds is 3. The molecule has 0 spiro atoms. The van der Waals surface area contributed by atoms with Gasteiger partial charge in [0.25, 0.3) is 0 Å². The van der Waals surface area contributed by atoms with Crippen molar-refractivity contribution in [3.05, 3.63) is 35.6 Å². The zero-order chi connectivity index (χ0) is 18.6. The number of halogens is 1. The maximum Gasteiger partial charge on any atom is 0.320 e. The van der Waals surface area contributed by atoms with E-state index >= 15 is 0 Å². The Kier molecular flexibility index (Phi) is 4.23. The number of sulfonamides is 1. The van der Waals surface area contributed by atoms with Crippen LogP contribution in [0, 0.1) is 17.7 Å². The second-order valence-electron chi connectivity index (χ2n) is 7.81. The van der Waals surface area contributed by atoms with Crippen LogP contribution < -0.4 is 0 Å². The third kappa shape index (κ3) is 2.89. The van der Waals surface area contributed by atoms with Gasteiger partial charge in [0.2, 0.25) is 10.0 Å². The number of benzene rings is 1. The number of carbonyl (C=O) groups is 1. The number of amides is 2. The molecule has 0 aromatic heterocycles. The van der Waals surface area contributed by atoms with Gasteiger partial charge in [0.1, 0.15) is 5.82 Å². The maximum absolute atomic E-state index is 13.8. The molecule has 0 unspecified atom stereocenters. The summed E-state index contributed by atoms with van der Waals surface area (Å²) < 4.78 is 40.7. The van der Waals surface area contributed by atoms with E-state index in [4.69, 9.17) is 0 Å². The molecule has 1 aromatic rings. The van der Waals surface area contributed by atoms with E-state index in [2.05, 4.69) is 0 Å². The molecule has 4 rings (SSSR count). The minimum Gasteiger partial charge on any atom is -0.331 e. The first-order valence-electron chi connectivity index (χ1n) is 9.01. The van der Waals surface area contributed by atoms with Gasteiger partial charge < -0.3 is 9.80 Å². The average Bonchev–Trinajstić information content (AvgIpc) is 3.27. The molecular weight excluding hydrogens is 357 g/mol. The lowest BCUT2D eigenvalue weighted by Gasteiger charge is -2.31. The maximum atomic E-state index is 13.8. The predicted octanol–water partition coefficient (Wildman–Crippen LogP) is 1.90. The Labute approximate surface area is 153 Å². The molecule has 2 aliphatic heterocycles. The van der Waals surface area contributed by atoms with Crippen molar-refractivity contribution in [3.63, 3.8) is 0 Å². The zero-order valence-corrected chi connectivity index (χ0v) is 15.8. The van der Waals surface area contributed by atoms with Crippen LogP contribution in [0.15, 0.2) is 24.3 Å². The monoisotopic (exact) mass is 381 g/mol. The van der Waals surface area contributed by atoms with Crippen LogP contribution in [0.5, 0.6) is 0 Å². The van der Waals surface area contributed by atoms with Crippen molar-refractivity contribution >= 4 is 16.1 Å². The van der Waals surface area contributed by atoms with Crippen LogP contribution >= 0.6 is 0 Å². The number of carbonyl (C=O) groups excluding carboxylic acids is 1. The third-order valence-electron chi connectivity index (χ3n) is 5.75. The van der Waals surface area contributed by atoms with Crippen LogP contribution in [-0.2, 0) is 10.0 Å². The van der Waals surface area contributed by atoms with Crippen molar-refractivity contribution in [1.82, 2.24) is 14.1 Å². The lowest BCUT2D eigenvalue weighted by atomic mass is 9.89. The molecule has 1 aliphatic carbocycles. The number of hydrogen-bond acceptors (Lipinski definition) is 3. The van der Waals surface area contributed by atoms with Gasteiger partial charge in [-0.3, -0.25) is 0 Å². The van der Waals surface area contributed by atoms with Crippen LogP contribution in [0.4, 0.5) is 9.18 Å². The van der Waals surface area contributed by atoms with Crippen molar-refractivity contribution < 1.29 is 17.6 Å². The van der Waals surface area contributed by atoms with Crippen molar-refractivity contribution in [2.75, 3.05) is 33.7 Å². The summed E-state index contributed by atoms with van der Waals surface area (Å²) in [5.41, 5.74) is 0.735. The van der Waals surface area contributed by atoms with Crippen LogP contribution in [0.3, 0.4) is 0 Å². The summed E-state index contributed by atoms with van der Waals surface area (Å²) >= 11 is 0. The molecule has 3 fully saturated rings. The Morgan fingerprint density at radius 2 is 1.92 bits per heavy atom. The first-order chi connectivity index (χ1) is 12.3. The fourth-order valence-electron chi connectivity index (χ4n) is 4.36. The molecule has 1 aromatic carbocycles. The first kappa shape index (κ1) is 17.7. The Hall–Kier alpha value is -1.67. The molecule has 3 aliphatic rings. The molecule has 3 atom stereocenters. The molecule has 2 heterocycles. The van der Waals surface area contributed by atoms with Crippen molar-refractivity contribution in [3.8, 4) is 0 Å². The normalized spacial score (nSPS) is 29.0. The summed E-state index contributed by atoms with van der Waals surface area (Å²) in [6, 6.07) is 5.89. The smallest absolute Gasteiger partial charge is 0.320 e. The molecule has 0 N–H and O–H groups in total. The minimum atomic E-state index is -3.23. The number of nitrogens with zero attached hydrogens (tertiary/aromatic N) is 3. The van der Waals surface area contributed by atoms with E-state index in [0.717, 1.165) is 18.4 Å². The molecule has 6 nitrogen and oxygen atoms in total. The number of fused-ring (bicyclic) bond motifs is 1. The van der Waals surface area contributed by atoms with Gasteiger partial charge in [-0.05, 0) is 36.5 Å². The number of hydrogen-bond donors (Lipinski definition) is 0. The molecule has 26 heavy (non-hydrogen) atoms. The molecule has 0 radical (unpaired) electrons. The summed E-state index contributed by atoms with van der Waals surface area (Å²) in [7, 11) is 0.165. The van der Waals surface area contributed by atoms with E-state index in [1.54, 1.807) is 29.4 Å². The number of urea groups is 1. The molecule has 8 heteroatoms. The molecule has 2 amide bonds. The van der Waals surface area contributed by atoms with Crippen LogP contribution in [0.2, 0.25) is 0 Å². The molecule has 142 valence electrons. The summed E-state index contributed by atoms with van der Waals surface area (Å²) in [6.07, 6.45) is 1.49. The lowest BCUT2D eigenvalue weighted by Crippen LogP contribution is -2.42. The fourth-order valence-corrected chi connectivity index (χ4v) is 6.29. The van der Waals surface area contributed by atoms with E-state index in [1.807, 2.05) is 6.07 Å². The van der Waals surface area contributed by atoms with Crippen LogP contribution in [0.25, 0.3) is 0 Å². The predicted molar refractivity (Wildman–Crippen MR) is 95.4 cm³/mol. The highest BCUT2D eigenvalue weighted by Gasteiger charge is 2.53.